The van der Waals surface area contributed by atoms with Crippen molar-refractivity contribution in [3.63, 3.8) is 0 Å². The molecule has 0 radical (unpaired) electrons. The van der Waals surface area contributed by atoms with E-state index < -0.39 is 18.2 Å². The largest absolute Gasteiger partial charge is 0.401 e. The van der Waals surface area contributed by atoms with Gasteiger partial charge in [-0.3, -0.25) is 4.79 Å². The van der Waals surface area contributed by atoms with Gasteiger partial charge in [0.15, 0.2) is 0 Å². The predicted molar refractivity (Wildman–Crippen MR) is 175 cm³/mol. The lowest BCUT2D eigenvalue weighted by Gasteiger charge is -2.37. The second kappa shape index (κ2) is 16.9. The number of thiazole rings is 1. The van der Waals surface area contributed by atoms with Crippen molar-refractivity contribution in [3.05, 3.63) is 52.9 Å². The molecule has 2 aliphatic carbocycles. The molecule has 3 aliphatic rings. The lowest BCUT2D eigenvalue weighted by atomic mass is 9.83. The van der Waals surface area contributed by atoms with Crippen molar-refractivity contribution in [3.8, 4) is 10.4 Å². The summed E-state index contributed by atoms with van der Waals surface area (Å²) < 4.78 is 0. The Kier molecular flexibility index (Phi) is 13.6. The van der Waals surface area contributed by atoms with Gasteiger partial charge in [-0.25, -0.2) is 10.8 Å². The number of aliphatic hydroxyl groups excluding tert-OH is 1. The van der Waals surface area contributed by atoms with Crippen molar-refractivity contribution in [2.24, 2.45) is 23.4 Å². The molecule has 1 amide bonds. The maximum Gasteiger partial charge on any atom is 0.247 e. The number of hydrazine groups is 1. The highest BCUT2D eigenvalue weighted by atomic mass is 32.1. The second-order valence-electron chi connectivity index (χ2n) is 11.7. The molecule has 1 saturated heterocycles. The van der Waals surface area contributed by atoms with Crippen molar-refractivity contribution in [2.75, 3.05) is 13.6 Å². The van der Waals surface area contributed by atoms with Crippen LogP contribution in [0.4, 0.5) is 0 Å². The zero-order valence-electron chi connectivity index (χ0n) is 26.5. The summed E-state index contributed by atoms with van der Waals surface area (Å²) in [5.74, 6) is 6.65. The van der Waals surface area contributed by atoms with Crippen LogP contribution in [0.5, 0.6) is 0 Å². The second-order valence-corrected chi connectivity index (χ2v) is 12.5. The van der Waals surface area contributed by atoms with E-state index in [2.05, 4.69) is 48.4 Å². The number of aliphatic hydroxyl groups is 1. The summed E-state index contributed by atoms with van der Waals surface area (Å²) in [7, 11) is 1.98. The van der Waals surface area contributed by atoms with E-state index in [0.717, 1.165) is 56.2 Å². The molecule has 0 bridgehead atoms. The molecule has 2 heterocycles. The molecule has 1 aromatic carbocycles. The summed E-state index contributed by atoms with van der Waals surface area (Å²) >= 11 is 1.70. The number of carbonyl (C=O) groups is 2. The third-order valence-electron chi connectivity index (χ3n) is 8.63. The lowest BCUT2D eigenvalue weighted by molar-refractivity contribution is -0.141. The number of aldehydes is 1. The molecule has 10 heteroatoms. The van der Waals surface area contributed by atoms with Gasteiger partial charge in [0.2, 0.25) is 5.91 Å². The summed E-state index contributed by atoms with van der Waals surface area (Å²) in [5, 5.41) is 14.6. The highest BCUT2D eigenvalue weighted by Gasteiger charge is 2.42. The number of rotatable bonds is 9. The number of carbonyl (C=O) groups excluding carboxylic acids is 2. The molecule has 5 rings (SSSR count). The highest BCUT2D eigenvalue weighted by Crippen LogP contribution is 2.35. The maximum absolute atomic E-state index is 13.2. The number of β-amino-alcohol motifs (C(OH)–C–C–N with tert-alkyl or cyclic N) is 1. The fraction of sp³-hybridized carbons (Fsp3) is 0.606. The van der Waals surface area contributed by atoms with E-state index in [1.54, 1.807) is 17.5 Å². The Morgan fingerprint density at radius 3 is 2.35 bits per heavy atom. The van der Waals surface area contributed by atoms with Crippen LogP contribution in [0, 0.1) is 18.8 Å². The van der Waals surface area contributed by atoms with E-state index in [4.69, 9.17) is 11.6 Å². The minimum Gasteiger partial charge on any atom is -0.401 e. The Morgan fingerprint density at radius 2 is 1.81 bits per heavy atom. The molecule has 2 saturated carbocycles. The number of nitrogens with zero attached hydrogens (tertiary/aromatic N) is 3. The topological polar surface area (TPSA) is 138 Å². The molecule has 1 aromatic heterocycles. The average Bonchev–Trinajstić information content (AvgIpc) is 3.69. The fourth-order valence-electron chi connectivity index (χ4n) is 5.86. The molecule has 1 aliphatic heterocycles. The number of amides is 1. The van der Waals surface area contributed by atoms with Crippen LogP contribution in [0.15, 0.2) is 41.7 Å². The van der Waals surface area contributed by atoms with Crippen molar-refractivity contribution in [1.29, 1.82) is 0 Å². The minimum absolute atomic E-state index is 0.152. The smallest absolute Gasteiger partial charge is 0.247 e. The molecule has 4 atom stereocenters. The van der Waals surface area contributed by atoms with E-state index in [1.165, 1.54) is 32.3 Å². The van der Waals surface area contributed by atoms with Gasteiger partial charge in [-0.1, -0.05) is 57.4 Å². The van der Waals surface area contributed by atoms with Gasteiger partial charge >= 0.3 is 0 Å². The fourth-order valence-corrected chi connectivity index (χ4v) is 6.67. The summed E-state index contributed by atoms with van der Waals surface area (Å²) in [6.07, 6.45) is 9.51. The SMILES string of the molecule is CC.CN[C@@H](C)c1ccc(-c2scnc2C)cc1.N/C(=C\N(N)C(C(=O)N1C[C@H](O)C[C@H]1C=O)C1CCCCC1)C1CC1. The number of likely N-dealkylation sites (tertiary alicyclic amines) is 1. The number of nitrogens with two attached hydrogens (primary N) is 2. The maximum atomic E-state index is 13.2. The molecule has 1 unspecified atom stereocenters. The van der Waals surface area contributed by atoms with Crippen molar-refractivity contribution in [1.82, 2.24) is 20.2 Å². The van der Waals surface area contributed by atoms with Crippen LogP contribution in [-0.2, 0) is 9.59 Å². The van der Waals surface area contributed by atoms with Crippen LogP contribution in [0.25, 0.3) is 10.4 Å². The summed E-state index contributed by atoms with van der Waals surface area (Å²) in [6.45, 7) is 8.41. The quantitative estimate of drug-likeness (QED) is 0.178. The minimum atomic E-state index is -0.649. The first kappa shape index (κ1) is 34.7. The van der Waals surface area contributed by atoms with Gasteiger partial charge in [-0.15, -0.1) is 11.3 Å². The molecule has 9 nitrogen and oxygen atoms in total. The highest BCUT2D eigenvalue weighted by molar-refractivity contribution is 7.13. The van der Waals surface area contributed by atoms with Gasteiger partial charge in [-0.05, 0) is 63.6 Å². The molecule has 3 fully saturated rings. The Hall–Kier alpha value is -2.79. The van der Waals surface area contributed by atoms with Gasteiger partial charge in [0, 0.05) is 36.8 Å². The molecule has 6 N–H and O–H groups in total. The Bertz CT molecular complexity index is 1180. The number of hydrogen-bond donors (Lipinski definition) is 4. The van der Waals surface area contributed by atoms with E-state index in [0.29, 0.717) is 18.4 Å². The lowest BCUT2D eigenvalue weighted by Crippen LogP contribution is -2.55. The van der Waals surface area contributed by atoms with Gasteiger partial charge in [0.25, 0.3) is 0 Å². The first-order valence-corrected chi connectivity index (χ1v) is 16.7. The van der Waals surface area contributed by atoms with Crippen LogP contribution < -0.4 is 16.9 Å². The summed E-state index contributed by atoms with van der Waals surface area (Å²) in [6, 6.07) is 8.01. The summed E-state index contributed by atoms with van der Waals surface area (Å²) in [4.78, 5) is 31.6. The molecular weight excluding hydrogens is 560 g/mol. The van der Waals surface area contributed by atoms with Gasteiger partial charge in [-0.2, -0.15) is 0 Å². The molecule has 2 aromatic rings. The van der Waals surface area contributed by atoms with Crippen LogP contribution >= 0.6 is 11.3 Å². The Labute approximate surface area is 261 Å². The number of aromatic nitrogens is 1. The Balaban J connectivity index is 0.000000242. The molecule has 238 valence electrons. The van der Waals surface area contributed by atoms with Crippen LogP contribution in [0.1, 0.15) is 89.4 Å². The standard InChI is InChI=1S/C18H30N4O3.C13H16N2S.C2H6/c19-16(12-6-7-12)10-22(20)17(13-4-2-1-3-5-13)18(25)21-9-15(24)8-14(21)11-23;1-9(14-3)11-4-6-12(7-5-11)13-10(2)15-8-16-13;1-2/h10-15,17,24H,1-9,19-20H2;4-9,14H,1-3H3;1-2H3/b16-10-;;/t14-,15+,17?;9-;/m00./s1. The number of benzene rings is 1. The van der Waals surface area contributed by atoms with Gasteiger partial charge in [0.1, 0.15) is 12.3 Å². The number of aryl methyl sites for hydroxylation is 1. The van der Waals surface area contributed by atoms with Crippen molar-refractivity contribution >= 4 is 23.5 Å². The van der Waals surface area contributed by atoms with Gasteiger partial charge in [0.05, 0.1) is 28.2 Å². The third-order valence-corrected chi connectivity index (χ3v) is 9.61. The number of hydrogen-bond acceptors (Lipinski definition) is 9. The van der Waals surface area contributed by atoms with Crippen molar-refractivity contribution < 1.29 is 14.7 Å². The molecule has 0 spiro atoms. The first-order chi connectivity index (χ1) is 20.7. The average molecular weight is 613 g/mol. The van der Waals surface area contributed by atoms with Crippen LogP contribution in [-0.4, -0.2) is 64.0 Å². The number of allylic oxidation sites excluding steroid dienone is 1. The zero-order valence-corrected chi connectivity index (χ0v) is 27.4. The van der Waals surface area contributed by atoms with E-state index in [1.807, 2.05) is 26.4 Å². The monoisotopic (exact) mass is 612 g/mol. The van der Waals surface area contributed by atoms with E-state index >= 15 is 0 Å². The van der Waals surface area contributed by atoms with E-state index in [9.17, 15) is 14.7 Å². The molecule has 43 heavy (non-hydrogen) atoms. The third kappa shape index (κ3) is 9.35. The summed E-state index contributed by atoms with van der Waals surface area (Å²) in [5.41, 5.74) is 12.4. The first-order valence-electron chi connectivity index (χ1n) is 15.8. The zero-order chi connectivity index (χ0) is 31.5. The van der Waals surface area contributed by atoms with Gasteiger partial charge < -0.3 is 30.9 Å². The van der Waals surface area contributed by atoms with E-state index in [-0.39, 0.29) is 18.4 Å². The van der Waals surface area contributed by atoms with Crippen molar-refractivity contribution in [2.45, 2.75) is 103 Å². The Morgan fingerprint density at radius 1 is 1.16 bits per heavy atom. The van der Waals surface area contributed by atoms with Crippen LogP contribution in [0.2, 0.25) is 0 Å². The number of nitrogens with one attached hydrogen (secondary N) is 1. The normalized spacial score (nSPS) is 22.0. The van der Waals surface area contributed by atoms with Crippen LogP contribution in [0.3, 0.4) is 0 Å². The predicted octanol–water partition coefficient (Wildman–Crippen LogP) is 4.91. The molecular formula is C33H52N6O3S.